The number of sulfonamides is 1. The lowest BCUT2D eigenvalue weighted by molar-refractivity contribution is 0.306. The minimum Gasteiger partial charge on any atom is -0.487 e. The molecule has 0 fully saturated rings. The third kappa shape index (κ3) is 6.32. The minimum atomic E-state index is -3.86. The SMILES string of the molecule is C=CCN(c1ccc2ncnc(Nc3ccc(OCc4cccc(F)c4)c(Cl)c3)c2c1)S(=O)(=O)c1ccc(C)cc1. The van der Waals surface area contributed by atoms with Gasteiger partial charge in [-0.3, -0.25) is 4.31 Å². The number of aromatic nitrogens is 2. The van der Waals surface area contributed by atoms with Crippen LogP contribution in [0, 0.1) is 12.7 Å². The zero-order valence-corrected chi connectivity index (χ0v) is 23.7. The second kappa shape index (κ2) is 12.0. The van der Waals surface area contributed by atoms with Crippen LogP contribution in [0.25, 0.3) is 10.9 Å². The van der Waals surface area contributed by atoms with Crippen LogP contribution in [0.4, 0.5) is 21.6 Å². The molecule has 0 aliphatic rings. The molecular formula is C31H26ClFN4O3S. The average Bonchev–Trinajstić information content (AvgIpc) is 2.96. The lowest BCUT2D eigenvalue weighted by Crippen LogP contribution is -2.31. The molecule has 4 aromatic carbocycles. The molecule has 5 aromatic rings. The van der Waals surface area contributed by atoms with Crippen molar-refractivity contribution in [3.05, 3.63) is 126 Å². The predicted octanol–water partition coefficient (Wildman–Crippen LogP) is 7.43. The van der Waals surface area contributed by atoms with Crippen LogP contribution in [-0.4, -0.2) is 24.9 Å². The number of hydrogen-bond donors (Lipinski definition) is 1. The molecule has 7 nitrogen and oxygen atoms in total. The molecule has 0 radical (unpaired) electrons. The summed E-state index contributed by atoms with van der Waals surface area (Å²) in [5.41, 5.74) is 3.34. The van der Waals surface area contributed by atoms with Gasteiger partial charge in [0.25, 0.3) is 10.0 Å². The fourth-order valence-electron chi connectivity index (χ4n) is 4.22. The van der Waals surface area contributed by atoms with Crippen LogP contribution in [0.1, 0.15) is 11.1 Å². The van der Waals surface area contributed by atoms with E-state index >= 15 is 0 Å². The molecule has 0 spiro atoms. The molecule has 0 aliphatic heterocycles. The zero-order valence-electron chi connectivity index (χ0n) is 22.1. The molecule has 0 amide bonds. The number of hydrogen-bond acceptors (Lipinski definition) is 6. The molecule has 1 heterocycles. The van der Waals surface area contributed by atoms with Crippen LogP contribution in [0.2, 0.25) is 5.02 Å². The Labute approximate surface area is 243 Å². The summed E-state index contributed by atoms with van der Waals surface area (Å²) in [7, 11) is -3.86. The maximum absolute atomic E-state index is 13.6. The Kier molecular flexibility index (Phi) is 8.19. The first kappa shape index (κ1) is 28.1. The van der Waals surface area contributed by atoms with Crippen molar-refractivity contribution < 1.29 is 17.5 Å². The first-order valence-electron chi connectivity index (χ1n) is 12.6. The van der Waals surface area contributed by atoms with Gasteiger partial charge >= 0.3 is 0 Å². The third-order valence-corrected chi connectivity index (χ3v) is 8.39. The molecule has 208 valence electrons. The van der Waals surface area contributed by atoms with E-state index in [0.29, 0.717) is 44.4 Å². The van der Waals surface area contributed by atoms with Gasteiger partial charge in [0.2, 0.25) is 0 Å². The van der Waals surface area contributed by atoms with E-state index in [4.69, 9.17) is 16.3 Å². The van der Waals surface area contributed by atoms with E-state index in [1.807, 2.05) is 6.92 Å². The summed E-state index contributed by atoms with van der Waals surface area (Å²) in [6.07, 6.45) is 2.96. The quantitative estimate of drug-likeness (QED) is 0.171. The van der Waals surface area contributed by atoms with E-state index in [1.165, 1.54) is 28.8 Å². The summed E-state index contributed by atoms with van der Waals surface area (Å²) in [6, 6.07) is 23.2. The monoisotopic (exact) mass is 588 g/mol. The maximum Gasteiger partial charge on any atom is 0.264 e. The van der Waals surface area contributed by atoms with E-state index in [0.717, 1.165) is 5.56 Å². The van der Waals surface area contributed by atoms with Gasteiger partial charge in [-0.2, -0.15) is 0 Å². The maximum atomic E-state index is 13.6. The van der Waals surface area contributed by atoms with Gasteiger partial charge in [0.15, 0.2) is 0 Å². The zero-order chi connectivity index (χ0) is 29.0. The lowest BCUT2D eigenvalue weighted by Gasteiger charge is -2.24. The Morgan fingerprint density at radius 1 is 1.02 bits per heavy atom. The first-order chi connectivity index (χ1) is 19.7. The van der Waals surface area contributed by atoms with Crippen molar-refractivity contribution in [3.8, 4) is 5.75 Å². The highest BCUT2D eigenvalue weighted by Gasteiger charge is 2.24. The van der Waals surface area contributed by atoms with Crippen LogP contribution < -0.4 is 14.4 Å². The molecule has 5 rings (SSSR count). The molecule has 0 atom stereocenters. The molecule has 0 bridgehead atoms. The highest BCUT2D eigenvalue weighted by Crippen LogP contribution is 2.33. The van der Waals surface area contributed by atoms with Crippen molar-refractivity contribution in [2.75, 3.05) is 16.2 Å². The Morgan fingerprint density at radius 3 is 2.56 bits per heavy atom. The number of anilines is 3. The van der Waals surface area contributed by atoms with Gasteiger partial charge in [-0.05, 0) is 73.2 Å². The van der Waals surface area contributed by atoms with Crippen LogP contribution in [-0.2, 0) is 16.6 Å². The molecule has 0 saturated heterocycles. The van der Waals surface area contributed by atoms with Gasteiger partial charge in [-0.25, -0.2) is 22.8 Å². The summed E-state index contributed by atoms with van der Waals surface area (Å²) >= 11 is 6.48. The van der Waals surface area contributed by atoms with Gasteiger partial charge < -0.3 is 10.1 Å². The smallest absolute Gasteiger partial charge is 0.264 e. The third-order valence-electron chi connectivity index (χ3n) is 6.29. The average molecular weight is 589 g/mol. The molecule has 0 aliphatic carbocycles. The van der Waals surface area contributed by atoms with Crippen LogP contribution >= 0.6 is 11.6 Å². The second-order valence-electron chi connectivity index (χ2n) is 9.25. The lowest BCUT2D eigenvalue weighted by atomic mass is 10.2. The van der Waals surface area contributed by atoms with Crippen molar-refractivity contribution in [1.82, 2.24) is 9.97 Å². The van der Waals surface area contributed by atoms with Crippen LogP contribution in [0.5, 0.6) is 5.75 Å². The Bertz CT molecular complexity index is 1830. The number of ether oxygens (including phenoxy) is 1. The summed E-state index contributed by atoms with van der Waals surface area (Å²) in [5.74, 6) is 0.572. The van der Waals surface area contributed by atoms with E-state index in [-0.39, 0.29) is 23.9 Å². The largest absolute Gasteiger partial charge is 0.487 e. The van der Waals surface area contributed by atoms with Gasteiger partial charge in [-0.15, -0.1) is 6.58 Å². The van der Waals surface area contributed by atoms with Gasteiger partial charge in [0.1, 0.15) is 30.3 Å². The van der Waals surface area contributed by atoms with Crippen molar-refractivity contribution in [1.29, 1.82) is 0 Å². The highest BCUT2D eigenvalue weighted by molar-refractivity contribution is 7.92. The molecular weight excluding hydrogens is 563 g/mol. The molecule has 0 unspecified atom stereocenters. The number of fused-ring (bicyclic) bond motifs is 1. The summed E-state index contributed by atoms with van der Waals surface area (Å²) in [6.45, 7) is 5.89. The molecule has 41 heavy (non-hydrogen) atoms. The van der Waals surface area contributed by atoms with Crippen LogP contribution in [0.3, 0.4) is 0 Å². The second-order valence-corrected chi connectivity index (χ2v) is 11.5. The minimum absolute atomic E-state index is 0.0743. The van der Waals surface area contributed by atoms with E-state index in [1.54, 1.807) is 72.8 Å². The number of benzene rings is 4. The Balaban J connectivity index is 1.43. The number of nitrogens with one attached hydrogen (secondary N) is 1. The number of aryl methyl sites for hydroxylation is 1. The molecule has 10 heteroatoms. The Morgan fingerprint density at radius 2 is 1.83 bits per heavy atom. The van der Waals surface area contributed by atoms with Gasteiger partial charge in [0.05, 0.1) is 27.7 Å². The standard InChI is InChI=1S/C31H26ClFN4O3S/c1-3-15-37(41(38,39)26-11-7-21(2)8-12-26)25-10-13-29-27(18-25)31(35-20-34-29)36-24-9-14-30(28(32)17-24)40-19-22-5-4-6-23(33)16-22/h3-14,16-18,20H,1,15,19H2,2H3,(H,34,35,36). The van der Waals surface area contributed by atoms with E-state index in [2.05, 4.69) is 21.9 Å². The van der Waals surface area contributed by atoms with Crippen molar-refractivity contribution in [2.24, 2.45) is 0 Å². The van der Waals surface area contributed by atoms with Crippen molar-refractivity contribution in [2.45, 2.75) is 18.4 Å². The Hall–Kier alpha value is -4.47. The fourth-order valence-corrected chi connectivity index (χ4v) is 5.88. The van der Waals surface area contributed by atoms with Gasteiger partial charge in [0, 0.05) is 11.1 Å². The van der Waals surface area contributed by atoms with Crippen molar-refractivity contribution >= 4 is 49.7 Å². The number of halogens is 2. The summed E-state index contributed by atoms with van der Waals surface area (Å²) < 4.78 is 47.7. The topological polar surface area (TPSA) is 84.4 Å². The van der Waals surface area contributed by atoms with E-state index in [9.17, 15) is 12.8 Å². The first-order valence-corrected chi connectivity index (χ1v) is 14.5. The van der Waals surface area contributed by atoms with Crippen molar-refractivity contribution in [3.63, 3.8) is 0 Å². The molecule has 1 N–H and O–H groups in total. The predicted molar refractivity (Wildman–Crippen MR) is 161 cm³/mol. The normalized spacial score (nSPS) is 11.3. The number of nitrogens with zero attached hydrogens (tertiary/aromatic N) is 3. The molecule has 0 saturated carbocycles. The number of rotatable bonds is 10. The van der Waals surface area contributed by atoms with E-state index < -0.39 is 10.0 Å². The van der Waals surface area contributed by atoms with Gasteiger partial charge in [-0.1, -0.05) is 47.5 Å². The fraction of sp³-hybridized carbons (Fsp3) is 0.0968. The summed E-state index contributed by atoms with van der Waals surface area (Å²) in [5, 5.41) is 4.21. The summed E-state index contributed by atoms with van der Waals surface area (Å²) in [4.78, 5) is 8.92. The highest BCUT2D eigenvalue weighted by atomic mass is 35.5. The van der Waals surface area contributed by atoms with Crippen LogP contribution in [0.15, 0.2) is 109 Å². The molecule has 1 aromatic heterocycles.